The van der Waals surface area contributed by atoms with Gasteiger partial charge < -0.3 is 10.4 Å². The van der Waals surface area contributed by atoms with Gasteiger partial charge in [-0.3, -0.25) is 4.79 Å². The van der Waals surface area contributed by atoms with Crippen molar-refractivity contribution < 1.29 is 9.90 Å². The fraction of sp³-hybridized carbons (Fsp3) is 0.375. The first-order valence-corrected chi connectivity index (χ1v) is 8.41. The first kappa shape index (κ1) is 16.9. The molecule has 0 saturated heterocycles. The van der Waals surface area contributed by atoms with Crippen molar-refractivity contribution in [2.75, 3.05) is 0 Å². The fourth-order valence-corrected chi connectivity index (χ4v) is 2.96. The van der Waals surface area contributed by atoms with Gasteiger partial charge in [0.2, 0.25) is 5.91 Å². The van der Waals surface area contributed by atoms with Crippen molar-refractivity contribution in [3.05, 3.63) is 50.9 Å². The Balaban J connectivity index is 1.91. The Kier molecular flexibility index (Phi) is 5.94. The normalized spacial score (nSPS) is 13.6. The van der Waals surface area contributed by atoms with Crippen LogP contribution in [0.1, 0.15) is 36.2 Å². The van der Waals surface area contributed by atoms with Crippen LogP contribution in [-0.4, -0.2) is 22.0 Å². The summed E-state index contributed by atoms with van der Waals surface area (Å²) in [6, 6.07) is 6.55. The molecule has 1 heterocycles. The van der Waals surface area contributed by atoms with Crippen molar-refractivity contribution in [3.63, 3.8) is 0 Å². The number of aromatic nitrogens is 1. The van der Waals surface area contributed by atoms with Gasteiger partial charge in [0.15, 0.2) is 0 Å². The van der Waals surface area contributed by atoms with E-state index in [1.165, 1.54) is 0 Å². The van der Waals surface area contributed by atoms with E-state index >= 15 is 0 Å². The van der Waals surface area contributed by atoms with Crippen LogP contribution in [0.3, 0.4) is 0 Å². The van der Waals surface area contributed by atoms with E-state index < -0.39 is 12.1 Å². The number of rotatable bonds is 6. The van der Waals surface area contributed by atoms with Crippen LogP contribution in [0.25, 0.3) is 0 Å². The van der Waals surface area contributed by atoms with E-state index in [-0.39, 0.29) is 12.3 Å². The number of hydrogen-bond acceptors (Lipinski definition) is 4. The van der Waals surface area contributed by atoms with Gasteiger partial charge in [-0.15, -0.1) is 11.3 Å². The average molecular weight is 339 g/mol. The third-order valence-corrected chi connectivity index (χ3v) is 4.61. The highest BCUT2D eigenvalue weighted by Crippen LogP contribution is 2.19. The summed E-state index contributed by atoms with van der Waals surface area (Å²) in [6.07, 6.45) is 0.328. The smallest absolute Gasteiger partial charge is 0.226 e. The summed E-state index contributed by atoms with van der Waals surface area (Å²) in [7, 11) is 0. The lowest BCUT2D eigenvalue weighted by Crippen LogP contribution is -2.38. The van der Waals surface area contributed by atoms with Crippen LogP contribution in [0.4, 0.5) is 0 Å². The van der Waals surface area contributed by atoms with Crippen LogP contribution in [0.5, 0.6) is 0 Å². The largest absolute Gasteiger partial charge is 0.386 e. The maximum Gasteiger partial charge on any atom is 0.226 e. The molecule has 2 unspecified atom stereocenters. The third-order valence-electron chi connectivity index (χ3n) is 3.32. The van der Waals surface area contributed by atoms with E-state index in [0.29, 0.717) is 5.02 Å². The van der Waals surface area contributed by atoms with Crippen LogP contribution < -0.4 is 5.32 Å². The molecule has 2 atom stereocenters. The lowest BCUT2D eigenvalue weighted by Gasteiger charge is -2.20. The van der Waals surface area contributed by atoms with E-state index in [1.807, 2.05) is 12.3 Å². The molecule has 22 heavy (non-hydrogen) atoms. The fourth-order valence-electron chi connectivity index (χ4n) is 2.09. The van der Waals surface area contributed by atoms with Crippen LogP contribution in [0.15, 0.2) is 29.6 Å². The Bertz CT molecular complexity index is 627. The number of carbonyl (C=O) groups excluding carboxylic acids is 1. The summed E-state index contributed by atoms with van der Waals surface area (Å²) >= 11 is 7.39. The topological polar surface area (TPSA) is 62.2 Å². The van der Waals surface area contributed by atoms with Crippen molar-refractivity contribution in [2.45, 2.75) is 38.8 Å². The zero-order valence-electron chi connectivity index (χ0n) is 12.5. The molecule has 0 aliphatic carbocycles. The molecule has 4 nitrogen and oxygen atoms in total. The van der Waals surface area contributed by atoms with Crippen molar-refractivity contribution in [3.8, 4) is 0 Å². The molecular formula is C16H19ClN2O2S. The van der Waals surface area contributed by atoms with Crippen molar-refractivity contribution in [1.82, 2.24) is 10.3 Å². The number of amides is 1. The van der Waals surface area contributed by atoms with E-state index in [0.717, 1.165) is 22.7 Å². The number of aryl methyl sites for hydroxylation is 1. The Morgan fingerprint density at radius 1 is 1.41 bits per heavy atom. The number of carbonyl (C=O) groups is 1. The Morgan fingerprint density at radius 2 is 2.09 bits per heavy atom. The zero-order valence-corrected chi connectivity index (χ0v) is 14.1. The number of aliphatic hydroxyl groups excluding tert-OH is 1. The summed E-state index contributed by atoms with van der Waals surface area (Å²) in [5, 5.41) is 16.6. The van der Waals surface area contributed by atoms with Crippen LogP contribution >= 0.6 is 22.9 Å². The second-order valence-electron chi connectivity index (χ2n) is 5.12. The average Bonchev–Trinajstić information content (AvgIpc) is 2.94. The van der Waals surface area contributed by atoms with Crippen molar-refractivity contribution in [2.24, 2.45) is 0 Å². The summed E-state index contributed by atoms with van der Waals surface area (Å²) in [6.45, 7) is 3.81. The van der Waals surface area contributed by atoms with Crippen LogP contribution in [0.2, 0.25) is 5.02 Å². The summed E-state index contributed by atoms with van der Waals surface area (Å²) in [5.41, 5.74) is 1.49. The van der Waals surface area contributed by atoms with Gasteiger partial charge in [0, 0.05) is 10.4 Å². The van der Waals surface area contributed by atoms with Gasteiger partial charge in [0.1, 0.15) is 0 Å². The van der Waals surface area contributed by atoms with Gasteiger partial charge in [-0.1, -0.05) is 30.7 Å². The minimum Gasteiger partial charge on any atom is -0.386 e. The van der Waals surface area contributed by atoms with E-state index in [4.69, 9.17) is 11.6 Å². The highest BCUT2D eigenvalue weighted by atomic mass is 35.5. The highest BCUT2D eigenvalue weighted by molar-refractivity contribution is 7.09. The predicted molar refractivity (Wildman–Crippen MR) is 89.2 cm³/mol. The van der Waals surface area contributed by atoms with Gasteiger partial charge in [-0.05, 0) is 31.0 Å². The first-order valence-electron chi connectivity index (χ1n) is 7.15. The molecule has 1 aromatic heterocycles. The van der Waals surface area contributed by atoms with E-state index in [9.17, 15) is 9.90 Å². The minimum atomic E-state index is -0.775. The minimum absolute atomic E-state index is 0.145. The van der Waals surface area contributed by atoms with E-state index in [1.54, 1.807) is 42.5 Å². The second-order valence-corrected chi connectivity index (χ2v) is 6.49. The molecule has 2 N–H and O–H groups in total. The highest BCUT2D eigenvalue weighted by Gasteiger charge is 2.19. The maximum absolute atomic E-state index is 12.0. The molecule has 2 rings (SSSR count). The van der Waals surface area contributed by atoms with Crippen molar-refractivity contribution >= 4 is 28.8 Å². The number of thiazole rings is 1. The zero-order chi connectivity index (χ0) is 16.1. The van der Waals surface area contributed by atoms with Gasteiger partial charge in [-0.25, -0.2) is 4.98 Å². The third kappa shape index (κ3) is 4.53. The van der Waals surface area contributed by atoms with Crippen molar-refractivity contribution in [1.29, 1.82) is 0 Å². The summed E-state index contributed by atoms with van der Waals surface area (Å²) in [4.78, 5) is 16.4. The number of aliphatic hydroxyl groups is 1. The number of hydrogen-bond donors (Lipinski definition) is 2. The molecule has 0 radical (unpaired) electrons. The molecule has 0 saturated carbocycles. The van der Waals surface area contributed by atoms with Gasteiger partial charge in [0.05, 0.1) is 29.3 Å². The summed E-state index contributed by atoms with van der Waals surface area (Å²) in [5.74, 6) is -0.145. The molecule has 0 fully saturated rings. The second kappa shape index (κ2) is 7.72. The molecule has 2 aromatic rings. The number of nitrogens with one attached hydrogen (secondary N) is 1. The van der Waals surface area contributed by atoms with Gasteiger partial charge in [-0.2, -0.15) is 0 Å². The van der Waals surface area contributed by atoms with Gasteiger partial charge >= 0.3 is 0 Å². The molecule has 1 aromatic carbocycles. The number of benzene rings is 1. The Labute approximate surface area is 139 Å². The van der Waals surface area contributed by atoms with Crippen LogP contribution in [0, 0.1) is 0 Å². The molecule has 0 spiro atoms. The quantitative estimate of drug-likeness (QED) is 0.850. The number of nitrogens with zero attached hydrogens (tertiary/aromatic N) is 1. The van der Waals surface area contributed by atoms with Crippen LogP contribution in [-0.2, 0) is 17.6 Å². The molecule has 0 bridgehead atoms. The molecule has 0 aliphatic heterocycles. The molecule has 6 heteroatoms. The van der Waals surface area contributed by atoms with Gasteiger partial charge in [0.25, 0.3) is 0 Å². The lowest BCUT2D eigenvalue weighted by atomic mass is 10.0. The Hall–Kier alpha value is -1.43. The molecule has 0 aliphatic rings. The SMILES string of the molecule is CCc1nc(CC(=O)NC(C)C(O)c2ccc(Cl)cc2)cs1. The summed E-state index contributed by atoms with van der Waals surface area (Å²) < 4.78 is 0. The first-order chi connectivity index (χ1) is 10.5. The molecule has 1 amide bonds. The Morgan fingerprint density at radius 3 is 2.68 bits per heavy atom. The molecular weight excluding hydrogens is 320 g/mol. The number of halogens is 1. The predicted octanol–water partition coefficient (Wildman–Crippen LogP) is 3.14. The monoisotopic (exact) mass is 338 g/mol. The lowest BCUT2D eigenvalue weighted by molar-refractivity contribution is -0.121. The van der Waals surface area contributed by atoms with E-state index in [2.05, 4.69) is 10.3 Å². The molecule has 118 valence electrons. The standard InChI is InChI=1S/C16H19ClN2O2S/c1-3-15-19-13(9-22-15)8-14(20)18-10(2)16(21)11-4-6-12(17)7-5-11/h4-7,9-10,16,21H,3,8H2,1-2H3,(H,18,20). The maximum atomic E-state index is 12.0.